The van der Waals surface area contributed by atoms with Gasteiger partial charge in [0.2, 0.25) is 5.95 Å². The maximum atomic E-state index is 13.5. The lowest BCUT2D eigenvalue weighted by molar-refractivity contribution is 0.0829. The van der Waals surface area contributed by atoms with Crippen molar-refractivity contribution in [2.45, 2.75) is 13.0 Å². The highest BCUT2D eigenvalue weighted by Gasteiger charge is 2.28. The van der Waals surface area contributed by atoms with E-state index in [-0.39, 0.29) is 12.5 Å². The number of nitrogens with one attached hydrogen (secondary N) is 2. The smallest absolute Gasteiger partial charge is 0.407 e. The molecule has 2 N–H and O–H groups in total. The zero-order valence-electron chi connectivity index (χ0n) is 20.6. The van der Waals surface area contributed by atoms with Gasteiger partial charge in [0.15, 0.2) is 6.10 Å². The van der Waals surface area contributed by atoms with Crippen molar-refractivity contribution in [3.8, 4) is 5.75 Å². The summed E-state index contributed by atoms with van der Waals surface area (Å²) >= 11 is 0. The Labute approximate surface area is 210 Å². The SMILES string of the molecule is CCNc1ncc2c(n1)N(C)CCN(c1cccc(OC(COC(=O)NC)c3ccccc3)c1)C2=O. The van der Waals surface area contributed by atoms with Gasteiger partial charge in [-0.1, -0.05) is 36.4 Å². The molecule has 4 rings (SSSR count). The van der Waals surface area contributed by atoms with Crippen LogP contribution in [0.1, 0.15) is 28.9 Å². The lowest BCUT2D eigenvalue weighted by Gasteiger charge is -2.23. The molecular formula is C26H30N6O4. The zero-order chi connectivity index (χ0) is 25.5. The number of nitrogens with zero attached hydrogens (tertiary/aromatic N) is 4. The van der Waals surface area contributed by atoms with E-state index in [0.717, 1.165) is 5.56 Å². The van der Waals surface area contributed by atoms with Gasteiger partial charge < -0.3 is 29.9 Å². The van der Waals surface area contributed by atoms with Crippen LogP contribution in [0.3, 0.4) is 0 Å². The van der Waals surface area contributed by atoms with Gasteiger partial charge in [-0.15, -0.1) is 0 Å². The number of amides is 2. The van der Waals surface area contributed by atoms with Crippen LogP contribution < -0.4 is 25.2 Å². The van der Waals surface area contributed by atoms with E-state index in [1.165, 1.54) is 7.05 Å². The first-order valence-corrected chi connectivity index (χ1v) is 11.8. The monoisotopic (exact) mass is 490 g/mol. The summed E-state index contributed by atoms with van der Waals surface area (Å²) in [7, 11) is 3.42. The van der Waals surface area contributed by atoms with E-state index in [0.29, 0.717) is 48.4 Å². The Morgan fingerprint density at radius 3 is 2.69 bits per heavy atom. The normalized spacial score (nSPS) is 13.9. The van der Waals surface area contributed by atoms with E-state index in [9.17, 15) is 9.59 Å². The number of fused-ring (bicyclic) bond motifs is 1. The third kappa shape index (κ3) is 5.65. The molecule has 0 aliphatic carbocycles. The Bertz CT molecular complexity index is 1210. The Balaban J connectivity index is 1.59. The summed E-state index contributed by atoms with van der Waals surface area (Å²) in [5, 5.41) is 5.53. The van der Waals surface area contributed by atoms with Crippen molar-refractivity contribution in [1.29, 1.82) is 0 Å². The standard InChI is InChI=1S/C26H30N6O4/c1-4-28-25-29-16-21-23(30-25)31(3)13-14-32(24(21)33)19-11-8-12-20(15-19)36-22(17-35-26(34)27-2)18-9-6-5-7-10-18/h5-12,15-16,22H,4,13-14,17H2,1-3H3,(H,27,34)(H,28,29,30). The molecule has 0 spiro atoms. The predicted molar refractivity (Wildman–Crippen MR) is 138 cm³/mol. The molecule has 1 aliphatic rings. The summed E-state index contributed by atoms with van der Waals surface area (Å²) in [6.45, 7) is 3.74. The van der Waals surface area contributed by atoms with Crippen LogP contribution in [0.2, 0.25) is 0 Å². The van der Waals surface area contributed by atoms with Gasteiger partial charge in [0.1, 0.15) is 23.7 Å². The van der Waals surface area contributed by atoms with Crippen molar-refractivity contribution in [3.63, 3.8) is 0 Å². The molecule has 0 saturated heterocycles. The number of carbonyl (C=O) groups excluding carboxylic acids is 2. The fourth-order valence-corrected chi connectivity index (χ4v) is 3.89. The van der Waals surface area contributed by atoms with E-state index >= 15 is 0 Å². The van der Waals surface area contributed by atoms with Crippen molar-refractivity contribution < 1.29 is 19.1 Å². The average molecular weight is 491 g/mol. The molecule has 10 heteroatoms. The van der Waals surface area contributed by atoms with E-state index < -0.39 is 12.2 Å². The second kappa shape index (κ2) is 11.4. The summed E-state index contributed by atoms with van der Waals surface area (Å²) in [5.41, 5.74) is 1.99. The molecule has 1 aromatic heterocycles. The molecule has 1 unspecified atom stereocenters. The number of rotatable bonds is 8. The number of hydrogen-bond donors (Lipinski definition) is 2. The minimum absolute atomic E-state index is 0.0280. The fraction of sp³-hybridized carbons (Fsp3) is 0.308. The summed E-state index contributed by atoms with van der Waals surface area (Å²) in [4.78, 5) is 37.7. The number of hydrogen-bond acceptors (Lipinski definition) is 8. The summed E-state index contributed by atoms with van der Waals surface area (Å²) in [5.74, 6) is 1.45. The maximum absolute atomic E-state index is 13.5. The number of likely N-dealkylation sites (N-methyl/N-ethyl adjacent to an activating group) is 1. The summed E-state index contributed by atoms with van der Waals surface area (Å²) in [6.07, 6.45) is 0.508. The minimum Gasteiger partial charge on any atom is -0.482 e. The van der Waals surface area contributed by atoms with Gasteiger partial charge in [-0.05, 0) is 24.6 Å². The van der Waals surface area contributed by atoms with Gasteiger partial charge in [-0.25, -0.2) is 9.78 Å². The van der Waals surface area contributed by atoms with Crippen molar-refractivity contribution in [2.75, 3.05) is 55.5 Å². The van der Waals surface area contributed by atoms with Crippen LogP contribution in [-0.4, -0.2) is 62.3 Å². The van der Waals surface area contributed by atoms with E-state index in [1.807, 2.05) is 73.5 Å². The third-order valence-corrected chi connectivity index (χ3v) is 5.75. The zero-order valence-corrected chi connectivity index (χ0v) is 20.6. The van der Waals surface area contributed by atoms with Crippen LogP contribution in [0, 0.1) is 0 Å². The van der Waals surface area contributed by atoms with E-state index in [2.05, 4.69) is 20.6 Å². The van der Waals surface area contributed by atoms with Crippen molar-refractivity contribution in [2.24, 2.45) is 0 Å². The highest BCUT2D eigenvalue weighted by atomic mass is 16.6. The largest absolute Gasteiger partial charge is 0.482 e. The average Bonchev–Trinajstić information content (AvgIpc) is 3.03. The van der Waals surface area contributed by atoms with Crippen LogP contribution >= 0.6 is 0 Å². The molecule has 2 heterocycles. The molecule has 0 radical (unpaired) electrons. The summed E-state index contributed by atoms with van der Waals surface area (Å²) < 4.78 is 11.5. The quantitative estimate of drug-likeness (QED) is 0.494. The van der Waals surface area contributed by atoms with Crippen LogP contribution in [0.4, 0.5) is 22.2 Å². The molecule has 188 valence electrons. The van der Waals surface area contributed by atoms with E-state index in [1.54, 1.807) is 11.1 Å². The number of aromatic nitrogens is 2. The molecule has 3 aromatic rings. The van der Waals surface area contributed by atoms with Gasteiger partial charge in [0, 0.05) is 51.7 Å². The Morgan fingerprint density at radius 1 is 1.14 bits per heavy atom. The molecule has 0 saturated carbocycles. The lowest BCUT2D eigenvalue weighted by Crippen LogP contribution is -2.33. The third-order valence-electron chi connectivity index (χ3n) is 5.75. The topological polar surface area (TPSA) is 109 Å². The van der Waals surface area contributed by atoms with Crippen LogP contribution in [-0.2, 0) is 4.74 Å². The Hall–Kier alpha value is -4.34. The molecule has 1 aliphatic heterocycles. The van der Waals surface area contributed by atoms with Crippen molar-refractivity contribution in [1.82, 2.24) is 15.3 Å². The first-order valence-electron chi connectivity index (χ1n) is 11.8. The van der Waals surface area contributed by atoms with Gasteiger partial charge in [0.25, 0.3) is 5.91 Å². The maximum Gasteiger partial charge on any atom is 0.407 e. The highest BCUT2D eigenvalue weighted by molar-refractivity contribution is 6.09. The first kappa shape index (κ1) is 24.8. The molecule has 1 atom stereocenters. The number of alkyl carbamates (subject to hydrolysis) is 1. The van der Waals surface area contributed by atoms with Crippen LogP contribution in [0.5, 0.6) is 5.75 Å². The molecule has 36 heavy (non-hydrogen) atoms. The van der Waals surface area contributed by atoms with Crippen molar-refractivity contribution in [3.05, 3.63) is 71.9 Å². The number of benzene rings is 2. The van der Waals surface area contributed by atoms with Crippen LogP contribution in [0.15, 0.2) is 60.8 Å². The molecule has 10 nitrogen and oxygen atoms in total. The van der Waals surface area contributed by atoms with Crippen molar-refractivity contribution >= 4 is 29.5 Å². The van der Waals surface area contributed by atoms with Gasteiger partial charge in [-0.3, -0.25) is 4.79 Å². The van der Waals surface area contributed by atoms with Gasteiger partial charge in [-0.2, -0.15) is 4.98 Å². The molecule has 2 aromatic carbocycles. The molecule has 2 amide bonds. The first-order chi connectivity index (χ1) is 17.5. The molecule has 0 bridgehead atoms. The Kier molecular flexibility index (Phi) is 7.84. The number of anilines is 3. The lowest BCUT2D eigenvalue weighted by atomic mass is 10.1. The minimum atomic E-state index is -0.536. The van der Waals surface area contributed by atoms with Crippen LogP contribution in [0.25, 0.3) is 0 Å². The predicted octanol–water partition coefficient (Wildman–Crippen LogP) is 3.48. The molecular weight excluding hydrogens is 460 g/mol. The van der Waals surface area contributed by atoms with E-state index in [4.69, 9.17) is 9.47 Å². The van der Waals surface area contributed by atoms with Gasteiger partial charge in [0.05, 0.1) is 0 Å². The second-order valence-electron chi connectivity index (χ2n) is 8.20. The fourth-order valence-electron chi connectivity index (χ4n) is 3.89. The second-order valence-corrected chi connectivity index (χ2v) is 8.20. The number of ether oxygens (including phenoxy) is 2. The highest BCUT2D eigenvalue weighted by Crippen LogP contribution is 2.30. The van der Waals surface area contributed by atoms with Gasteiger partial charge >= 0.3 is 6.09 Å². The summed E-state index contributed by atoms with van der Waals surface area (Å²) in [6, 6.07) is 16.8. The Morgan fingerprint density at radius 2 is 1.94 bits per heavy atom. The number of carbonyl (C=O) groups is 2. The molecule has 0 fully saturated rings.